The number of nitrogens with zero attached hydrogens (tertiary/aromatic N) is 4. The van der Waals surface area contributed by atoms with Gasteiger partial charge in [-0.2, -0.15) is 0 Å². The Balaban J connectivity index is 1.000. The first-order valence-electron chi connectivity index (χ1n) is 26.6. The number of anilines is 6. The topological polar surface area (TPSA) is 16.3 Å². The zero-order valence-corrected chi connectivity index (χ0v) is 42.0. The number of hydrogen-bond acceptors (Lipinski definition) is 2. The molecule has 0 atom stereocenters. The van der Waals surface area contributed by atoms with Gasteiger partial charge in [0.2, 0.25) is 0 Å². The Labute approximate surface area is 447 Å². The molecule has 0 saturated heterocycles. The van der Waals surface area contributed by atoms with Gasteiger partial charge in [0.1, 0.15) is 0 Å². The van der Waals surface area contributed by atoms with Crippen molar-refractivity contribution >= 4 is 101 Å². The molecule has 4 nitrogen and oxygen atoms in total. The predicted molar refractivity (Wildman–Crippen MR) is 325 cm³/mol. The Morgan fingerprint density at radius 1 is 0.247 bits per heavy atom. The third-order valence-corrected chi connectivity index (χ3v) is 16.2. The van der Waals surface area contributed by atoms with E-state index in [-0.39, 0.29) is 6.71 Å². The number of fused-ring (bicyclic) bond motifs is 11. The third-order valence-electron chi connectivity index (χ3n) is 16.2. The van der Waals surface area contributed by atoms with Crippen LogP contribution in [0, 0.1) is 0 Å². The molecule has 0 fully saturated rings. The van der Waals surface area contributed by atoms with Crippen LogP contribution >= 0.6 is 0 Å². The second-order valence-corrected chi connectivity index (χ2v) is 20.4. The van der Waals surface area contributed by atoms with Crippen LogP contribution in [0.3, 0.4) is 0 Å². The van der Waals surface area contributed by atoms with Crippen LogP contribution in [-0.4, -0.2) is 15.8 Å². The minimum Gasteiger partial charge on any atom is -0.311 e. The molecule has 77 heavy (non-hydrogen) atoms. The lowest BCUT2D eigenvalue weighted by atomic mass is 9.33. The van der Waals surface area contributed by atoms with Gasteiger partial charge in [0, 0.05) is 61.4 Å². The number of benzene rings is 12. The summed E-state index contributed by atoms with van der Waals surface area (Å²) in [6.07, 6.45) is 0. The molecule has 12 aromatic carbocycles. The normalized spacial score (nSPS) is 12.6. The van der Waals surface area contributed by atoms with Crippen molar-refractivity contribution in [3.05, 3.63) is 285 Å². The Hall–Kier alpha value is -10.1. The van der Waals surface area contributed by atoms with Gasteiger partial charge in [-0.1, -0.05) is 200 Å². The molecular formula is C72H47BN4. The lowest BCUT2D eigenvalue weighted by molar-refractivity contribution is 1.17. The summed E-state index contributed by atoms with van der Waals surface area (Å²) in [6.45, 7) is -0.103. The quantitative estimate of drug-likeness (QED) is 0.148. The first kappa shape index (κ1) is 43.3. The molecule has 14 aromatic rings. The first-order chi connectivity index (χ1) is 38.2. The van der Waals surface area contributed by atoms with Gasteiger partial charge >= 0.3 is 0 Å². The van der Waals surface area contributed by atoms with Crippen LogP contribution in [0.25, 0.3) is 88.4 Å². The van der Waals surface area contributed by atoms with E-state index in [0.717, 1.165) is 34.0 Å². The minimum atomic E-state index is -0.103. The molecule has 0 aliphatic carbocycles. The molecule has 0 unspecified atom stereocenters. The summed E-state index contributed by atoms with van der Waals surface area (Å²) in [7, 11) is 0. The molecule has 0 spiro atoms. The van der Waals surface area contributed by atoms with Crippen molar-refractivity contribution in [1.82, 2.24) is 9.13 Å². The van der Waals surface area contributed by atoms with E-state index in [0.29, 0.717) is 0 Å². The minimum absolute atomic E-state index is 0.103. The summed E-state index contributed by atoms with van der Waals surface area (Å²) in [4.78, 5) is 5.13. The van der Waals surface area contributed by atoms with Crippen molar-refractivity contribution in [2.75, 3.05) is 9.80 Å². The van der Waals surface area contributed by atoms with Gasteiger partial charge in [0.05, 0.1) is 27.8 Å². The largest absolute Gasteiger partial charge is 0.311 e. The number of aromatic nitrogens is 2. The lowest BCUT2D eigenvalue weighted by Gasteiger charge is -2.44. The number of para-hydroxylation sites is 3. The van der Waals surface area contributed by atoms with E-state index in [9.17, 15) is 0 Å². The first-order valence-corrected chi connectivity index (χ1v) is 26.6. The number of rotatable bonds is 7. The Morgan fingerprint density at radius 2 is 0.662 bits per heavy atom. The van der Waals surface area contributed by atoms with Crippen LogP contribution in [0.5, 0.6) is 0 Å². The third kappa shape index (κ3) is 6.67. The van der Waals surface area contributed by atoms with Gasteiger partial charge in [0.25, 0.3) is 6.71 Å². The summed E-state index contributed by atoms with van der Waals surface area (Å²) in [6, 6.07) is 105. The Bertz CT molecular complexity index is 4600. The Kier molecular flexibility index (Phi) is 9.70. The van der Waals surface area contributed by atoms with Gasteiger partial charge in [0.15, 0.2) is 0 Å². The van der Waals surface area contributed by atoms with Crippen molar-refractivity contribution in [2.24, 2.45) is 0 Å². The molecule has 5 heteroatoms. The highest BCUT2D eigenvalue weighted by Crippen LogP contribution is 2.49. The van der Waals surface area contributed by atoms with E-state index >= 15 is 0 Å². The molecular weight excluding hydrogens is 932 g/mol. The van der Waals surface area contributed by atoms with Crippen molar-refractivity contribution in [2.45, 2.75) is 0 Å². The highest BCUT2D eigenvalue weighted by molar-refractivity contribution is 7.00. The standard InChI is InChI=1S/C72H47BN4/c1-4-20-48(21-5-1)51-26-16-29-54(44-51)75-65-37-15-12-34-60(65)70-66(75)43-42-62-72(70)77(56-31-18-28-53(46-56)50-24-8-3-9-25-50)68-39-19-38-67-71(68)73(62)61-41-40-57(74-63-35-13-10-32-58(63)59-33-11-14-36-64(59)74)47-69(61)76(67)55-30-17-27-52(45-55)49-22-6-2-7-23-49/h1-47H. The van der Waals surface area contributed by atoms with Crippen molar-refractivity contribution in [3.63, 3.8) is 0 Å². The van der Waals surface area contributed by atoms with Gasteiger partial charge in [-0.15, -0.1) is 0 Å². The van der Waals surface area contributed by atoms with Crippen LogP contribution in [-0.2, 0) is 0 Å². The molecule has 4 heterocycles. The van der Waals surface area contributed by atoms with Gasteiger partial charge < -0.3 is 18.9 Å². The maximum absolute atomic E-state index is 2.59. The second-order valence-electron chi connectivity index (χ2n) is 20.4. The van der Waals surface area contributed by atoms with Crippen molar-refractivity contribution < 1.29 is 0 Å². The maximum Gasteiger partial charge on any atom is 0.252 e. The van der Waals surface area contributed by atoms with Crippen molar-refractivity contribution in [1.29, 1.82) is 0 Å². The highest BCUT2D eigenvalue weighted by Gasteiger charge is 2.44. The van der Waals surface area contributed by atoms with E-state index < -0.39 is 0 Å². The second kappa shape index (κ2) is 17.2. The smallest absolute Gasteiger partial charge is 0.252 e. The van der Waals surface area contributed by atoms with Gasteiger partial charge in [-0.25, -0.2) is 0 Å². The van der Waals surface area contributed by atoms with E-state index in [1.165, 1.54) is 105 Å². The Morgan fingerprint density at radius 3 is 1.25 bits per heavy atom. The van der Waals surface area contributed by atoms with E-state index in [4.69, 9.17) is 0 Å². The fourth-order valence-electron chi connectivity index (χ4n) is 13.0. The summed E-state index contributed by atoms with van der Waals surface area (Å²) >= 11 is 0. The molecule has 0 N–H and O–H groups in total. The summed E-state index contributed by atoms with van der Waals surface area (Å²) in [5.74, 6) is 0. The van der Waals surface area contributed by atoms with Crippen molar-refractivity contribution in [3.8, 4) is 44.8 Å². The van der Waals surface area contributed by atoms with E-state index in [2.05, 4.69) is 304 Å². The van der Waals surface area contributed by atoms with Crippen LogP contribution in [0.15, 0.2) is 285 Å². The zero-order valence-electron chi connectivity index (χ0n) is 42.0. The van der Waals surface area contributed by atoms with Gasteiger partial charge in [-0.05, 0) is 135 Å². The molecule has 16 rings (SSSR count). The molecule has 0 radical (unpaired) electrons. The SMILES string of the molecule is c1ccc(-c2cccc(N3c4cc(-n5c6ccccc6c6ccccc65)ccc4B4c5ccc6c(c5N(c5cccc(-c7ccccc7)c5)c5cccc3c54)c3ccccc3n6-c3cccc(-c4ccccc4)c3)c2)cc1. The predicted octanol–water partition coefficient (Wildman–Crippen LogP) is 17.0. The maximum atomic E-state index is 2.59. The fraction of sp³-hybridized carbons (Fsp3) is 0. The van der Waals surface area contributed by atoms with Gasteiger partial charge in [-0.3, -0.25) is 0 Å². The average Bonchev–Trinajstić information content (AvgIpc) is 4.10. The van der Waals surface area contributed by atoms with Crippen LogP contribution in [0.4, 0.5) is 34.1 Å². The molecule has 2 aromatic heterocycles. The molecule has 2 aliphatic heterocycles. The summed E-state index contributed by atoms with van der Waals surface area (Å²) in [5, 5.41) is 4.93. The fourth-order valence-corrected chi connectivity index (χ4v) is 13.0. The summed E-state index contributed by atoms with van der Waals surface area (Å²) < 4.78 is 4.94. The average molecular weight is 979 g/mol. The molecule has 0 bridgehead atoms. The van der Waals surface area contributed by atoms with E-state index in [1.807, 2.05) is 0 Å². The number of hydrogen-bond donors (Lipinski definition) is 0. The van der Waals surface area contributed by atoms with E-state index in [1.54, 1.807) is 0 Å². The highest BCUT2D eigenvalue weighted by atomic mass is 15.2. The monoisotopic (exact) mass is 978 g/mol. The molecule has 358 valence electrons. The zero-order chi connectivity index (χ0) is 50.6. The molecule has 2 aliphatic rings. The lowest BCUT2D eigenvalue weighted by Crippen LogP contribution is -2.61. The molecule has 0 saturated carbocycles. The van der Waals surface area contributed by atoms with Crippen LogP contribution in [0.1, 0.15) is 0 Å². The summed E-state index contributed by atoms with van der Waals surface area (Å²) in [5.41, 5.74) is 24.8. The van der Waals surface area contributed by atoms with Crippen LogP contribution in [0.2, 0.25) is 0 Å². The molecule has 0 amide bonds. The van der Waals surface area contributed by atoms with Crippen LogP contribution < -0.4 is 26.2 Å².